The van der Waals surface area contributed by atoms with E-state index in [1.807, 2.05) is 13.8 Å². The molecule has 6 rings (SSSR count). The molecule has 1 saturated heterocycles. The minimum atomic E-state index is -0.784. The fourth-order valence-corrected chi connectivity index (χ4v) is 13.5. The van der Waals surface area contributed by atoms with Gasteiger partial charge in [-0.3, -0.25) is 19.2 Å². The van der Waals surface area contributed by atoms with Gasteiger partial charge in [-0.2, -0.15) is 0 Å². The highest BCUT2D eigenvalue weighted by atomic mass is 16.6. The molecule has 9 heteroatoms. The van der Waals surface area contributed by atoms with Crippen LogP contribution in [0, 0.1) is 44.8 Å². The lowest BCUT2D eigenvalue weighted by molar-refractivity contribution is -0.225. The first-order valence-corrected chi connectivity index (χ1v) is 18.0. The first-order valence-electron chi connectivity index (χ1n) is 18.0. The van der Waals surface area contributed by atoms with Gasteiger partial charge in [0.25, 0.3) is 0 Å². The van der Waals surface area contributed by atoms with Crippen molar-refractivity contribution in [1.29, 1.82) is 0 Å². The van der Waals surface area contributed by atoms with E-state index in [0.29, 0.717) is 0 Å². The zero-order valence-corrected chi connectivity index (χ0v) is 30.6. The first-order chi connectivity index (χ1) is 21.6. The van der Waals surface area contributed by atoms with Crippen LogP contribution in [0.15, 0.2) is 0 Å². The van der Waals surface area contributed by atoms with Crippen molar-refractivity contribution in [3.05, 3.63) is 0 Å². The Labute approximate surface area is 280 Å². The summed E-state index contributed by atoms with van der Waals surface area (Å²) in [7, 11) is 0. The monoisotopic (exact) mass is 658 g/mol. The Balaban J connectivity index is 1.39. The second-order valence-electron chi connectivity index (χ2n) is 18.2. The summed E-state index contributed by atoms with van der Waals surface area (Å²) >= 11 is 0. The minimum Gasteiger partial charge on any atom is -0.462 e. The Morgan fingerprint density at radius 3 is 1.89 bits per heavy atom. The summed E-state index contributed by atoms with van der Waals surface area (Å²) < 4.78 is 31.2. The van der Waals surface area contributed by atoms with Gasteiger partial charge in [0.05, 0.1) is 11.7 Å². The first kappa shape index (κ1) is 34.7. The van der Waals surface area contributed by atoms with Crippen molar-refractivity contribution in [3.8, 4) is 0 Å². The molecule has 1 aliphatic heterocycles. The van der Waals surface area contributed by atoms with Crippen LogP contribution in [0.3, 0.4) is 0 Å². The molecule has 264 valence electrons. The summed E-state index contributed by atoms with van der Waals surface area (Å²) in [6.45, 7) is 21.1. The van der Waals surface area contributed by atoms with E-state index in [1.54, 1.807) is 0 Å². The van der Waals surface area contributed by atoms with Crippen LogP contribution in [0.5, 0.6) is 0 Å². The molecule has 1 heterocycles. The van der Waals surface area contributed by atoms with Crippen LogP contribution in [-0.4, -0.2) is 59.5 Å². The average molecular weight is 659 g/mol. The highest BCUT2D eigenvalue weighted by Crippen LogP contribution is 2.89. The Morgan fingerprint density at radius 1 is 0.681 bits per heavy atom. The number of hydrogen-bond acceptors (Lipinski definition) is 9. The Morgan fingerprint density at radius 2 is 1.30 bits per heavy atom. The van der Waals surface area contributed by atoms with Gasteiger partial charge in [0.15, 0.2) is 0 Å². The molecule has 6 fully saturated rings. The highest BCUT2D eigenvalue weighted by Gasteiger charge is 2.85. The summed E-state index contributed by atoms with van der Waals surface area (Å²) in [6, 6.07) is 0. The number of carbonyl (C=O) groups is 4. The number of fused-ring (bicyclic) bond motifs is 2. The molecule has 5 aliphatic carbocycles. The van der Waals surface area contributed by atoms with Gasteiger partial charge in [-0.15, -0.1) is 0 Å². The predicted molar refractivity (Wildman–Crippen MR) is 173 cm³/mol. The molecule has 5 saturated carbocycles. The number of esters is 4. The molecule has 0 aromatic carbocycles. The molecule has 9 nitrogen and oxygen atoms in total. The second-order valence-corrected chi connectivity index (χ2v) is 18.2. The third kappa shape index (κ3) is 4.85. The fraction of sp³-hybridized carbons (Fsp3) is 0.895. The zero-order chi connectivity index (χ0) is 34.8. The number of hydrogen-bond donors (Lipinski definition) is 0. The third-order valence-corrected chi connectivity index (χ3v) is 15.0. The molecule has 0 aromatic heterocycles. The fourth-order valence-electron chi connectivity index (χ4n) is 13.5. The van der Waals surface area contributed by atoms with Crippen LogP contribution < -0.4 is 0 Å². The smallest absolute Gasteiger partial charge is 0.303 e. The highest BCUT2D eigenvalue weighted by molar-refractivity contribution is 5.67. The zero-order valence-electron chi connectivity index (χ0n) is 30.6. The van der Waals surface area contributed by atoms with Gasteiger partial charge in [0.2, 0.25) is 0 Å². The van der Waals surface area contributed by atoms with Crippen molar-refractivity contribution in [2.24, 2.45) is 44.8 Å². The SMILES string of the molecule is CC(=O)OC1C[C@@]2(C)C3C[C@H](OC(C)=O)C4C(C)(C)C(OC(C)=O)CC[C@@]45C[C@@]35CC[C@]2(C)C1[C@]1(C)CC[C@H](C(C)(C)OC(C)=O)O1. The lowest BCUT2D eigenvalue weighted by Crippen LogP contribution is -2.63. The van der Waals surface area contributed by atoms with Crippen molar-refractivity contribution in [3.63, 3.8) is 0 Å². The number of rotatable bonds is 6. The lowest BCUT2D eigenvalue weighted by Gasteiger charge is -2.64. The van der Waals surface area contributed by atoms with Crippen LogP contribution in [0.1, 0.15) is 134 Å². The molecular weight excluding hydrogens is 600 g/mol. The summed E-state index contributed by atoms with van der Waals surface area (Å²) in [5.41, 5.74) is -2.06. The van der Waals surface area contributed by atoms with E-state index in [4.69, 9.17) is 23.7 Å². The van der Waals surface area contributed by atoms with E-state index in [0.717, 1.165) is 57.8 Å². The standard InChI is InChI=1S/C38H58O9/c1-21(39)43-25-18-27-35(10)19-26(44-22(2)40)31(36(11)14-12-29(47-36)33(7,8)46-24(4)42)34(35,9)16-17-37(27)20-38(37)15-13-28(45-23(3)41)32(5,6)30(25)38/h25-31H,12-20H2,1-11H3/t25-,26?,27?,28?,29+,30?,31?,34+,35-,36-,37-,38+/m0/s1. The maximum Gasteiger partial charge on any atom is 0.303 e. The molecule has 0 N–H and O–H groups in total. The molecule has 47 heavy (non-hydrogen) atoms. The maximum atomic E-state index is 12.7. The van der Waals surface area contributed by atoms with Gasteiger partial charge in [0.1, 0.15) is 23.9 Å². The Bertz CT molecular complexity index is 1350. The molecule has 6 aliphatic rings. The molecule has 0 aromatic rings. The summed E-state index contributed by atoms with van der Waals surface area (Å²) in [5, 5.41) is 0. The van der Waals surface area contributed by atoms with E-state index < -0.39 is 11.2 Å². The van der Waals surface area contributed by atoms with E-state index in [-0.39, 0.29) is 93.1 Å². The van der Waals surface area contributed by atoms with Crippen molar-refractivity contribution in [2.45, 2.75) is 170 Å². The molecule has 12 atom stereocenters. The van der Waals surface area contributed by atoms with Crippen molar-refractivity contribution in [2.75, 3.05) is 0 Å². The van der Waals surface area contributed by atoms with E-state index >= 15 is 0 Å². The topological polar surface area (TPSA) is 114 Å². The molecular formula is C38H58O9. The second kappa shape index (κ2) is 10.7. The van der Waals surface area contributed by atoms with E-state index in [2.05, 4.69) is 34.6 Å². The van der Waals surface area contributed by atoms with Crippen molar-refractivity contribution >= 4 is 23.9 Å². The van der Waals surface area contributed by atoms with Crippen LogP contribution in [0.2, 0.25) is 0 Å². The summed E-state index contributed by atoms with van der Waals surface area (Å²) in [4.78, 5) is 49.5. The largest absolute Gasteiger partial charge is 0.462 e. The van der Waals surface area contributed by atoms with E-state index in [9.17, 15) is 19.2 Å². The van der Waals surface area contributed by atoms with Gasteiger partial charge >= 0.3 is 23.9 Å². The summed E-state index contributed by atoms with van der Waals surface area (Å²) in [6.07, 6.45) is 6.77. The van der Waals surface area contributed by atoms with Crippen molar-refractivity contribution in [1.82, 2.24) is 0 Å². The van der Waals surface area contributed by atoms with Crippen LogP contribution in [0.4, 0.5) is 0 Å². The molecule has 0 amide bonds. The van der Waals surface area contributed by atoms with Gasteiger partial charge in [-0.05, 0) is 106 Å². The number of ether oxygens (including phenoxy) is 5. The quantitative estimate of drug-likeness (QED) is 0.227. The van der Waals surface area contributed by atoms with Gasteiger partial charge in [-0.1, -0.05) is 27.7 Å². The molecule has 2 spiro atoms. The van der Waals surface area contributed by atoms with Gasteiger partial charge < -0.3 is 23.7 Å². The Hall–Kier alpha value is -2.16. The minimum absolute atomic E-state index is 0.00243. The predicted octanol–water partition coefficient (Wildman–Crippen LogP) is 6.72. The average Bonchev–Trinajstić information content (AvgIpc) is 3.26. The van der Waals surface area contributed by atoms with Gasteiger partial charge in [-0.25, -0.2) is 0 Å². The van der Waals surface area contributed by atoms with Crippen LogP contribution in [0.25, 0.3) is 0 Å². The van der Waals surface area contributed by atoms with Gasteiger partial charge in [0, 0.05) is 44.9 Å². The molecule has 0 radical (unpaired) electrons. The summed E-state index contributed by atoms with van der Waals surface area (Å²) in [5.74, 6) is -0.867. The number of carbonyl (C=O) groups excluding carboxylic acids is 4. The maximum absolute atomic E-state index is 12.7. The van der Waals surface area contributed by atoms with Crippen LogP contribution >= 0.6 is 0 Å². The van der Waals surface area contributed by atoms with E-state index in [1.165, 1.54) is 27.7 Å². The lowest BCUT2D eigenvalue weighted by atomic mass is 9.41. The molecule has 0 bridgehead atoms. The molecule has 5 unspecified atom stereocenters. The van der Waals surface area contributed by atoms with Crippen molar-refractivity contribution < 1.29 is 42.9 Å². The normalized spacial score (nSPS) is 47.8. The van der Waals surface area contributed by atoms with Crippen LogP contribution in [-0.2, 0) is 42.9 Å². The third-order valence-electron chi connectivity index (χ3n) is 15.0. The Kier molecular flexibility index (Phi) is 7.88.